The van der Waals surface area contributed by atoms with Crippen molar-refractivity contribution in [2.45, 2.75) is 26.6 Å². The Hall–Kier alpha value is -2.17. The summed E-state index contributed by atoms with van der Waals surface area (Å²) in [5, 5.41) is 5.53. The molecule has 0 amide bonds. The first-order chi connectivity index (χ1) is 11.7. The number of fused-ring (bicyclic) bond motifs is 1. The number of hydrogen-bond donors (Lipinski definition) is 0. The van der Waals surface area contributed by atoms with Gasteiger partial charge >= 0.3 is 0 Å². The summed E-state index contributed by atoms with van der Waals surface area (Å²) in [7, 11) is 0. The molecule has 4 rings (SSSR count). The van der Waals surface area contributed by atoms with Gasteiger partial charge < -0.3 is 0 Å². The number of rotatable bonds is 3. The summed E-state index contributed by atoms with van der Waals surface area (Å²) < 4.78 is 2.11. The predicted molar refractivity (Wildman–Crippen MR) is 95.8 cm³/mol. The lowest BCUT2D eigenvalue weighted by atomic mass is 10.1. The second-order valence-corrected chi connectivity index (χ2v) is 6.69. The monoisotopic (exact) mass is 338 g/mol. The van der Waals surface area contributed by atoms with Crippen molar-refractivity contribution in [3.8, 4) is 11.4 Å². The number of hydrogen-bond acceptors (Lipinski definition) is 3. The van der Waals surface area contributed by atoms with Gasteiger partial charge in [0.2, 0.25) is 0 Å². The fourth-order valence-electron chi connectivity index (χ4n) is 3.17. The molecule has 0 spiro atoms. The highest BCUT2D eigenvalue weighted by Gasteiger charge is 2.20. The molecule has 3 aromatic rings. The molecular formula is C19H19ClN4. The van der Waals surface area contributed by atoms with Crippen LogP contribution in [-0.2, 0) is 19.6 Å². The van der Waals surface area contributed by atoms with E-state index < -0.39 is 0 Å². The molecule has 0 saturated heterocycles. The zero-order valence-electron chi connectivity index (χ0n) is 13.6. The van der Waals surface area contributed by atoms with Gasteiger partial charge in [0, 0.05) is 30.9 Å². The topological polar surface area (TPSA) is 34.0 Å². The van der Waals surface area contributed by atoms with Crippen LogP contribution < -0.4 is 0 Å². The summed E-state index contributed by atoms with van der Waals surface area (Å²) in [4.78, 5) is 6.92. The molecule has 3 heterocycles. The highest BCUT2D eigenvalue weighted by Crippen LogP contribution is 2.23. The van der Waals surface area contributed by atoms with Crippen LogP contribution in [0.2, 0.25) is 5.02 Å². The molecule has 0 bridgehead atoms. The first-order valence-electron chi connectivity index (χ1n) is 8.14. The van der Waals surface area contributed by atoms with Crippen LogP contribution in [0, 0.1) is 6.92 Å². The summed E-state index contributed by atoms with van der Waals surface area (Å²) in [6, 6.07) is 14.3. The van der Waals surface area contributed by atoms with Crippen molar-refractivity contribution < 1.29 is 0 Å². The lowest BCUT2D eigenvalue weighted by molar-refractivity contribution is 0.205. The Balaban J connectivity index is 1.53. The van der Waals surface area contributed by atoms with Gasteiger partial charge in [0.25, 0.3) is 0 Å². The van der Waals surface area contributed by atoms with E-state index in [2.05, 4.69) is 45.8 Å². The lowest BCUT2D eigenvalue weighted by Crippen LogP contribution is -2.33. The first-order valence-corrected chi connectivity index (χ1v) is 8.52. The molecule has 24 heavy (non-hydrogen) atoms. The van der Waals surface area contributed by atoms with Gasteiger partial charge in [-0.15, -0.1) is 0 Å². The fraction of sp³-hybridized carbons (Fsp3) is 0.263. The predicted octanol–water partition coefficient (Wildman–Crippen LogP) is 3.92. The maximum atomic E-state index is 5.96. The molecule has 0 N–H and O–H groups in total. The Kier molecular flexibility index (Phi) is 4.08. The van der Waals surface area contributed by atoms with Crippen LogP contribution >= 0.6 is 11.6 Å². The van der Waals surface area contributed by atoms with Crippen LogP contribution in [0.1, 0.15) is 16.8 Å². The molecule has 0 aliphatic carbocycles. The van der Waals surface area contributed by atoms with Gasteiger partial charge in [-0.05, 0) is 42.3 Å². The van der Waals surface area contributed by atoms with E-state index in [1.165, 1.54) is 11.3 Å². The Morgan fingerprint density at radius 2 is 1.96 bits per heavy atom. The molecule has 1 aromatic carbocycles. The average molecular weight is 339 g/mol. The number of pyridine rings is 1. The standard InChI is InChI=1S/C19H19ClN4/c1-14-3-2-8-21-19(14)18-11-17-13-23(9-10-24(17)22-18)12-15-4-6-16(20)7-5-15/h2-8,11H,9-10,12-13H2,1H3. The molecule has 0 radical (unpaired) electrons. The summed E-state index contributed by atoms with van der Waals surface area (Å²) in [6.07, 6.45) is 1.83. The minimum Gasteiger partial charge on any atom is -0.291 e. The highest BCUT2D eigenvalue weighted by molar-refractivity contribution is 6.30. The summed E-state index contributed by atoms with van der Waals surface area (Å²) in [6.45, 7) is 5.82. The van der Waals surface area contributed by atoms with Crippen LogP contribution in [0.4, 0.5) is 0 Å². The maximum absolute atomic E-state index is 5.96. The summed E-state index contributed by atoms with van der Waals surface area (Å²) >= 11 is 5.96. The third kappa shape index (κ3) is 3.07. The van der Waals surface area contributed by atoms with E-state index in [1.807, 2.05) is 24.4 Å². The second-order valence-electron chi connectivity index (χ2n) is 6.25. The Bertz CT molecular complexity index is 854. The van der Waals surface area contributed by atoms with Crippen molar-refractivity contribution >= 4 is 11.6 Å². The number of benzene rings is 1. The van der Waals surface area contributed by atoms with Crippen molar-refractivity contribution in [2.75, 3.05) is 6.54 Å². The largest absolute Gasteiger partial charge is 0.291 e. The van der Waals surface area contributed by atoms with Gasteiger partial charge in [0.1, 0.15) is 5.69 Å². The molecule has 2 aromatic heterocycles. The van der Waals surface area contributed by atoms with Gasteiger partial charge in [-0.2, -0.15) is 5.10 Å². The number of aromatic nitrogens is 3. The van der Waals surface area contributed by atoms with Crippen molar-refractivity contribution in [3.63, 3.8) is 0 Å². The summed E-state index contributed by atoms with van der Waals surface area (Å²) in [5.41, 5.74) is 5.63. The van der Waals surface area contributed by atoms with E-state index in [4.69, 9.17) is 16.7 Å². The molecule has 0 unspecified atom stereocenters. The Labute approximate surface area is 146 Å². The second kappa shape index (κ2) is 6.38. The zero-order chi connectivity index (χ0) is 16.5. The molecular weight excluding hydrogens is 320 g/mol. The van der Waals surface area contributed by atoms with Gasteiger partial charge in [-0.1, -0.05) is 29.8 Å². The van der Waals surface area contributed by atoms with E-state index in [9.17, 15) is 0 Å². The van der Waals surface area contributed by atoms with Crippen LogP contribution in [0.15, 0.2) is 48.7 Å². The molecule has 1 aliphatic heterocycles. The normalized spacial score (nSPS) is 14.6. The van der Waals surface area contributed by atoms with Gasteiger partial charge in [-0.25, -0.2) is 0 Å². The van der Waals surface area contributed by atoms with E-state index in [0.29, 0.717) is 0 Å². The molecule has 0 fully saturated rings. The lowest BCUT2D eigenvalue weighted by Gasteiger charge is -2.27. The fourth-order valence-corrected chi connectivity index (χ4v) is 3.30. The third-order valence-electron chi connectivity index (χ3n) is 4.45. The van der Waals surface area contributed by atoms with E-state index in [0.717, 1.165) is 48.2 Å². The number of nitrogens with zero attached hydrogens (tertiary/aromatic N) is 4. The quantitative estimate of drug-likeness (QED) is 0.725. The van der Waals surface area contributed by atoms with E-state index in [1.54, 1.807) is 0 Å². The first kappa shape index (κ1) is 15.4. The Morgan fingerprint density at radius 1 is 1.12 bits per heavy atom. The van der Waals surface area contributed by atoms with Gasteiger partial charge in [-0.3, -0.25) is 14.6 Å². The SMILES string of the molecule is Cc1cccnc1-c1cc2n(n1)CCN(Cc1ccc(Cl)cc1)C2. The van der Waals surface area contributed by atoms with Crippen molar-refractivity contribution in [2.24, 2.45) is 0 Å². The average Bonchev–Trinajstić information content (AvgIpc) is 3.00. The van der Waals surface area contributed by atoms with Crippen LogP contribution in [0.25, 0.3) is 11.4 Å². The number of aryl methyl sites for hydroxylation is 1. The van der Waals surface area contributed by atoms with E-state index in [-0.39, 0.29) is 0 Å². The number of halogens is 1. The van der Waals surface area contributed by atoms with Crippen molar-refractivity contribution in [1.82, 2.24) is 19.7 Å². The minimum atomic E-state index is 0.783. The molecule has 4 nitrogen and oxygen atoms in total. The van der Waals surface area contributed by atoms with Crippen molar-refractivity contribution in [1.29, 1.82) is 0 Å². The molecule has 122 valence electrons. The van der Waals surface area contributed by atoms with Crippen LogP contribution in [-0.4, -0.2) is 26.2 Å². The van der Waals surface area contributed by atoms with Gasteiger partial charge in [0.15, 0.2) is 0 Å². The van der Waals surface area contributed by atoms with Crippen LogP contribution in [0.3, 0.4) is 0 Å². The molecule has 0 atom stereocenters. The Morgan fingerprint density at radius 3 is 2.75 bits per heavy atom. The summed E-state index contributed by atoms with van der Waals surface area (Å²) in [5.74, 6) is 0. The molecule has 0 saturated carbocycles. The molecule has 1 aliphatic rings. The third-order valence-corrected chi connectivity index (χ3v) is 4.70. The van der Waals surface area contributed by atoms with Crippen LogP contribution in [0.5, 0.6) is 0 Å². The van der Waals surface area contributed by atoms with Gasteiger partial charge in [0.05, 0.1) is 17.9 Å². The highest BCUT2D eigenvalue weighted by atomic mass is 35.5. The van der Waals surface area contributed by atoms with Crippen molar-refractivity contribution in [3.05, 3.63) is 70.5 Å². The maximum Gasteiger partial charge on any atom is 0.111 e. The van der Waals surface area contributed by atoms with E-state index >= 15 is 0 Å². The smallest absolute Gasteiger partial charge is 0.111 e. The molecule has 5 heteroatoms. The minimum absolute atomic E-state index is 0.783. The zero-order valence-corrected chi connectivity index (χ0v) is 14.4.